The van der Waals surface area contributed by atoms with Crippen LogP contribution in [0.25, 0.3) is 10.8 Å². The standard InChI is InChI=1S/C42H43ClFNO4/c1-27-8-7-20-41(2)36(19-21-42(41)26-45(40(48)49-42)25-30-11-5-10-29-9-3-4-12-32(29)30)33-18-16-28(22-31(46)17-15-27)23-34(33)39(47)24-35-37(43)13-6-14-38(35)44/h3-6,8-14,16,18,23,31,36,46H,7,15,17,19-22,24-26H2,1-2H3/t31-,36-,41-,42+/m0/s1. The van der Waals surface area contributed by atoms with E-state index in [1.807, 2.05) is 41.3 Å². The van der Waals surface area contributed by atoms with Crippen LogP contribution in [0.3, 0.4) is 0 Å². The van der Waals surface area contributed by atoms with Crippen LogP contribution in [0.2, 0.25) is 5.02 Å². The molecule has 4 atom stereocenters. The molecule has 7 heteroatoms. The van der Waals surface area contributed by atoms with Crippen LogP contribution in [0.1, 0.15) is 90.9 Å². The lowest BCUT2D eigenvalue weighted by Crippen LogP contribution is -2.48. The maximum atomic E-state index is 14.9. The molecule has 1 saturated carbocycles. The quantitative estimate of drug-likeness (QED) is 0.168. The van der Waals surface area contributed by atoms with Crippen molar-refractivity contribution >= 4 is 34.2 Å². The number of ketones is 1. The summed E-state index contributed by atoms with van der Waals surface area (Å²) in [5.74, 6) is -0.818. The Balaban J connectivity index is 1.28. The molecule has 0 radical (unpaired) electrons. The summed E-state index contributed by atoms with van der Waals surface area (Å²) in [6.07, 6.45) is 5.96. The molecule has 1 saturated heterocycles. The Kier molecular flexibility index (Phi) is 9.14. The van der Waals surface area contributed by atoms with E-state index in [1.54, 1.807) is 6.07 Å². The molecule has 3 aliphatic carbocycles. The van der Waals surface area contributed by atoms with E-state index < -0.39 is 22.9 Å². The predicted octanol–water partition coefficient (Wildman–Crippen LogP) is 9.76. The zero-order valence-corrected chi connectivity index (χ0v) is 28.9. The van der Waals surface area contributed by atoms with Gasteiger partial charge in [-0.3, -0.25) is 9.69 Å². The normalized spacial score (nSPS) is 25.7. The molecule has 4 aliphatic rings. The lowest BCUT2D eigenvalue weighted by molar-refractivity contribution is -0.0373. The fourth-order valence-electron chi connectivity index (χ4n) is 8.74. The number of aliphatic hydroxyl groups is 1. The first-order valence-corrected chi connectivity index (χ1v) is 17.8. The van der Waals surface area contributed by atoms with Gasteiger partial charge in [-0.25, -0.2) is 9.18 Å². The van der Waals surface area contributed by atoms with Crippen LogP contribution in [0, 0.1) is 11.2 Å². The van der Waals surface area contributed by atoms with Crippen LogP contribution in [0.4, 0.5) is 9.18 Å². The van der Waals surface area contributed by atoms with Crippen molar-refractivity contribution in [2.75, 3.05) is 6.54 Å². The number of hydrogen-bond acceptors (Lipinski definition) is 4. The molecule has 1 spiro atoms. The summed E-state index contributed by atoms with van der Waals surface area (Å²) in [6, 6.07) is 24.8. The molecule has 4 aromatic rings. The fraction of sp³-hybridized carbons (Fsp3) is 0.381. The molecule has 8 rings (SSSR count). The average molecular weight is 680 g/mol. The van der Waals surface area contributed by atoms with Gasteiger partial charge in [0.15, 0.2) is 5.78 Å². The van der Waals surface area contributed by atoms with Gasteiger partial charge in [-0.1, -0.05) is 90.8 Å². The number of aliphatic hydroxyl groups excluding tert-OH is 1. The van der Waals surface area contributed by atoms with Crippen LogP contribution in [-0.4, -0.2) is 40.1 Å². The van der Waals surface area contributed by atoms with Crippen LogP contribution in [-0.2, 0) is 24.1 Å². The first-order chi connectivity index (χ1) is 23.6. The van der Waals surface area contributed by atoms with Crippen LogP contribution in [0.15, 0.2) is 90.5 Å². The van der Waals surface area contributed by atoms with Gasteiger partial charge in [-0.2, -0.15) is 0 Å². The Bertz CT molecular complexity index is 1930. The van der Waals surface area contributed by atoms with Gasteiger partial charge in [0.05, 0.1) is 12.6 Å². The minimum absolute atomic E-state index is 0.0940. The molecule has 1 aliphatic heterocycles. The zero-order chi connectivity index (χ0) is 34.3. The Morgan fingerprint density at radius 2 is 1.84 bits per heavy atom. The highest BCUT2D eigenvalue weighted by molar-refractivity contribution is 6.31. The number of Topliss-reactive ketones (excluding diaryl/α,β-unsaturated/α-hetero) is 1. The average Bonchev–Trinajstić information content (AvgIpc) is 3.55. The third kappa shape index (κ3) is 6.30. The molecule has 1 N–H and O–H groups in total. The summed E-state index contributed by atoms with van der Waals surface area (Å²) in [5, 5.41) is 13.4. The predicted molar refractivity (Wildman–Crippen MR) is 191 cm³/mol. The SMILES string of the molecule is CC1=CCC[C@@]2(C)[C@@H](CC[C@@]23CN(Cc2cccc4ccccc24)C(=O)O3)c2ccc(cc2C(=O)Cc2c(F)cccc2Cl)C[C@@H](O)CC1. The third-order valence-corrected chi connectivity index (χ3v) is 11.9. The summed E-state index contributed by atoms with van der Waals surface area (Å²) < 4.78 is 21.5. The summed E-state index contributed by atoms with van der Waals surface area (Å²) in [5.41, 5.74) is 3.52. The number of allylic oxidation sites excluding steroid dienone is 2. The van der Waals surface area contributed by atoms with E-state index in [1.165, 1.54) is 17.7 Å². The van der Waals surface area contributed by atoms with Crippen molar-refractivity contribution in [1.29, 1.82) is 0 Å². The van der Waals surface area contributed by atoms with Crippen molar-refractivity contribution < 1.29 is 23.8 Å². The molecule has 2 fully saturated rings. The molecule has 2 bridgehead atoms. The Morgan fingerprint density at radius 3 is 2.67 bits per heavy atom. The minimum Gasteiger partial charge on any atom is -0.440 e. The Labute approximate surface area is 292 Å². The smallest absolute Gasteiger partial charge is 0.410 e. The van der Waals surface area contributed by atoms with Crippen molar-refractivity contribution in [3.8, 4) is 0 Å². The number of hydrogen-bond donors (Lipinski definition) is 1. The van der Waals surface area contributed by atoms with Crippen molar-refractivity contribution in [3.63, 3.8) is 0 Å². The number of carbonyl (C=O) groups is 2. The first kappa shape index (κ1) is 33.5. The van der Waals surface area contributed by atoms with Crippen LogP contribution < -0.4 is 0 Å². The van der Waals surface area contributed by atoms with E-state index in [-0.39, 0.29) is 34.8 Å². The second-order valence-electron chi connectivity index (χ2n) is 14.6. The van der Waals surface area contributed by atoms with E-state index in [2.05, 4.69) is 44.2 Å². The van der Waals surface area contributed by atoms with Crippen molar-refractivity contribution in [3.05, 3.63) is 129 Å². The third-order valence-electron chi connectivity index (χ3n) is 11.6. The molecule has 1 heterocycles. The molecular weight excluding hydrogens is 637 g/mol. The van der Waals surface area contributed by atoms with Crippen LogP contribution >= 0.6 is 11.6 Å². The van der Waals surface area contributed by atoms with E-state index in [0.717, 1.165) is 53.1 Å². The largest absolute Gasteiger partial charge is 0.440 e. The Hall–Kier alpha value is -4.00. The summed E-state index contributed by atoms with van der Waals surface area (Å²) in [6.45, 7) is 5.26. The molecule has 1 amide bonds. The maximum absolute atomic E-state index is 14.9. The van der Waals surface area contributed by atoms with Gasteiger partial charge in [-0.15, -0.1) is 0 Å². The summed E-state index contributed by atoms with van der Waals surface area (Å²) in [7, 11) is 0. The second kappa shape index (κ2) is 13.4. The summed E-state index contributed by atoms with van der Waals surface area (Å²) >= 11 is 6.38. The highest BCUT2D eigenvalue weighted by Gasteiger charge is 2.64. The van der Waals surface area contributed by atoms with Gasteiger partial charge in [-0.05, 0) is 103 Å². The summed E-state index contributed by atoms with van der Waals surface area (Å²) in [4.78, 5) is 29.8. The second-order valence-corrected chi connectivity index (χ2v) is 15.0. The molecular formula is C42H43ClFNO4. The lowest BCUT2D eigenvalue weighted by Gasteiger charge is -2.43. The van der Waals surface area contributed by atoms with Crippen molar-refractivity contribution in [1.82, 2.24) is 4.90 Å². The number of halogens is 2. The monoisotopic (exact) mass is 679 g/mol. The van der Waals surface area contributed by atoms with E-state index in [0.29, 0.717) is 37.9 Å². The van der Waals surface area contributed by atoms with E-state index >= 15 is 0 Å². The number of benzene rings is 4. The molecule has 49 heavy (non-hydrogen) atoms. The highest BCUT2D eigenvalue weighted by Crippen LogP contribution is 2.62. The number of fused-ring (bicyclic) bond motifs is 9. The fourth-order valence-corrected chi connectivity index (χ4v) is 8.97. The maximum Gasteiger partial charge on any atom is 0.410 e. The molecule has 254 valence electrons. The Morgan fingerprint density at radius 1 is 1.04 bits per heavy atom. The van der Waals surface area contributed by atoms with Gasteiger partial charge in [0.25, 0.3) is 0 Å². The van der Waals surface area contributed by atoms with Crippen molar-refractivity contribution in [2.45, 2.75) is 89.4 Å². The highest BCUT2D eigenvalue weighted by atomic mass is 35.5. The van der Waals surface area contributed by atoms with E-state index in [4.69, 9.17) is 16.3 Å². The lowest BCUT2D eigenvalue weighted by atomic mass is 9.64. The minimum atomic E-state index is -0.748. The van der Waals surface area contributed by atoms with Crippen molar-refractivity contribution in [2.24, 2.45) is 5.41 Å². The molecule has 0 unspecified atom stereocenters. The van der Waals surface area contributed by atoms with Gasteiger partial charge in [0, 0.05) is 34.5 Å². The number of nitrogens with zero attached hydrogens (tertiary/aromatic N) is 1. The molecule has 0 aromatic heterocycles. The van der Waals surface area contributed by atoms with Gasteiger partial charge in [0.1, 0.15) is 11.4 Å². The molecule has 4 aromatic carbocycles. The van der Waals surface area contributed by atoms with Gasteiger partial charge < -0.3 is 9.84 Å². The first-order valence-electron chi connectivity index (χ1n) is 17.4. The number of rotatable bonds is 5. The van der Waals surface area contributed by atoms with Gasteiger partial charge >= 0.3 is 6.09 Å². The van der Waals surface area contributed by atoms with Crippen LogP contribution in [0.5, 0.6) is 0 Å². The number of carbonyl (C=O) groups excluding carboxylic acids is 2. The van der Waals surface area contributed by atoms with Gasteiger partial charge in [0.2, 0.25) is 0 Å². The molecule has 5 nitrogen and oxygen atoms in total. The topological polar surface area (TPSA) is 66.8 Å². The number of amides is 1. The van der Waals surface area contributed by atoms with E-state index in [9.17, 15) is 19.1 Å². The number of ether oxygens (including phenoxy) is 1. The zero-order valence-electron chi connectivity index (χ0n) is 28.2.